The fraction of sp³-hybridized carbons (Fsp3) is 0.833. The molecule has 1 rings (SSSR count). The Bertz CT molecular complexity index is 286. The molecule has 4 heteroatoms. The Morgan fingerprint density at radius 1 is 1.56 bits per heavy atom. The van der Waals surface area contributed by atoms with E-state index in [-0.39, 0.29) is 11.4 Å². The molecule has 1 aliphatic rings. The lowest BCUT2D eigenvalue weighted by Crippen LogP contribution is -2.53. The van der Waals surface area contributed by atoms with Crippen LogP contribution in [-0.2, 0) is 9.59 Å². The summed E-state index contributed by atoms with van der Waals surface area (Å²) in [6, 6.07) is 0. The second kappa shape index (κ2) is 4.85. The van der Waals surface area contributed by atoms with Crippen LogP contribution in [0.3, 0.4) is 0 Å². The van der Waals surface area contributed by atoms with Crippen molar-refractivity contribution in [2.45, 2.75) is 52.0 Å². The summed E-state index contributed by atoms with van der Waals surface area (Å²) in [5.74, 6) is -1.09. The quantitative estimate of drug-likeness (QED) is 0.797. The first-order valence-electron chi connectivity index (χ1n) is 5.91. The van der Waals surface area contributed by atoms with E-state index in [1.54, 1.807) is 4.90 Å². The minimum Gasteiger partial charge on any atom is -0.481 e. The topological polar surface area (TPSA) is 57.6 Å². The van der Waals surface area contributed by atoms with Crippen LogP contribution in [0.25, 0.3) is 0 Å². The van der Waals surface area contributed by atoms with E-state index in [1.807, 2.05) is 13.8 Å². The number of likely N-dealkylation sites (tertiary alicyclic amines) is 1. The van der Waals surface area contributed by atoms with Crippen LogP contribution in [0.15, 0.2) is 0 Å². The Kier molecular flexibility index (Phi) is 3.94. The second-order valence-corrected chi connectivity index (χ2v) is 5.14. The van der Waals surface area contributed by atoms with E-state index in [9.17, 15) is 9.59 Å². The molecule has 0 radical (unpaired) electrons. The van der Waals surface area contributed by atoms with E-state index in [2.05, 4.69) is 6.92 Å². The maximum absolute atomic E-state index is 11.8. The number of piperidine rings is 1. The van der Waals surface area contributed by atoms with Gasteiger partial charge in [0.05, 0.1) is 5.92 Å². The first-order chi connectivity index (χ1) is 7.38. The Balaban J connectivity index is 2.76. The summed E-state index contributed by atoms with van der Waals surface area (Å²) in [6.45, 7) is 6.46. The summed E-state index contributed by atoms with van der Waals surface area (Å²) in [5.41, 5.74) is -0.222. The molecule has 1 saturated heterocycles. The van der Waals surface area contributed by atoms with Crippen molar-refractivity contribution in [3.05, 3.63) is 0 Å². The number of hydrogen-bond donors (Lipinski definition) is 1. The third kappa shape index (κ3) is 2.74. The predicted molar refractivity (Wildman–Crippen MR) is 61.1 cm³/mol. The molecule has 1 heterocycles. The molecule has 1 atom stereocenters. The highest BCUT2D eigenvalue weighted by Crippen LogP contribution is 2.28. The maximum atomic E-state index is 11.8. The molecule has 0 bridgehead atoms. The summed E-state index contributed by atoms with van der Waals surface area (Å²) in [4.78, 5) is 24.5. The van der Waals surface area contributed by atoms with E-state index in [0.29, 0.717) is 19.4 Å². The van der Waals surface area contributed by atoms with E-state index in [0.717, 1.165) is 12.8 Å². The molecule has 1 N–H and O–H groups in total. The molecule has 16 heavy (non-hydrogen) atoms. The minimum atomic E-state index is -0.787. The first-order valence-corrected chi connectivity index (χ1v) is 5.91. The van der Waals surface area contributed by atoms with Crippen molar-refractivity contribution >= 4 is 11.9 Å². The molecule has 0 aromatic heterocycles. The van der Waals surface area contributed by atoms with Crippen molar-refractivity contribution in [1.82, 2.24) is 4.90 Å². The van der Waals surface area contributed by atoms with Gasteiger partial charge in [0.2, 0.25) is 5.91 Å². The van der Waals surface area contributed by atoms with E-state index in [4.69, 9.17) is 5.11 Å². The van der Waals surface area contributed by atoms with Gasteiger partial charge in [0, 0.05) is 18.5 Å². The van der Waals surface area contributed by atoms with Crippen molar-refractivity contribution in [3.63, 3.8) is 0 Å². The van der Waals surface area contributed by atoms with Gasteiger partial charge in [0.15, 0.2) is 0 Å². The van der Waals surface area contributed by atoms with Crippen LogP contribution in [0, 0.1) is 5.92 Å². The lowest BCUT2D eigenvalue weighted by atomic mass is 9.89. The molecule has 0 spiro atoms. The van der Waals surface area contributed by atoms with Gasteiger partial charge >= 0.3 is 5.97 Å². The van der Waals surface area contributed by atoms with Crippen molar-refractivity contribution < 1.29 is 14.7 Å². The van der Waals surface area contributed by atoms with Gasteiger partial charge in [-0.05, 0) is 26.7 Å². The normalized spacial score (nSPS) is 22.3. The third-order valence-corrected chi connectivity index (χ3v) is 3.35. The average molecular weight is 227 g/mol. The Labute approximate surface area is 96.6 Å². The van der Waals surface area contributed by atoms with Crippen LogP contribution in [0.4, 0.5) is 0 Å². The van der Waals surface area contributed by atoms with Gasteiger partial charge < -0.3 is 10.0 Å². The zero-order valence-corrected chi connectivity index (χ0v) is 10.3. The predicted octanol–water partition coefficient (Wildman–Crippen LogP) is 1.89. The van der Waals surface area contributed by atoms with Crippen LogP contribution in [0.2, 0.25) is 0 Å². The van der Waals surface area contributed by atoms with Crippen LogP contribution >= 0.6 is 0 Å². The van der Waals surface area contributed by atoms with Gasteiger partial charge in [-0.25, -0.2) is 0 Å². The molecule has 4 nitrogen and oxygen atoms in total. The SMILES string of the molecule is CCCC(C)(C)N1CC(C(=O)O)CCC1=O. The van der Waals surface area contributed by atoms with E-state index >= 15 is 0 Å². The van der Waals surface area contributed by atoms with Crippen molar-refractivity contribution in [2.75, 3.05) is 6.54 Å². The molecule has 1 amide bonds. The Hall–Kier alpha value is -1.06. The van der Waals surface area contributed by atoms with Gasteiger partial charge in [0.25, 0.3) is 0 Å². The highest BCUT2D eigenvalue weighted by Gasteiger charge is 2.37. The minimum absolute atomic E-state index is 0.0935. The number of carboxylic acid groups (broad SMARTS) is 1. The van der Waals surface area contributed by atoms with E-state index < -0.39 is 11.9 Å². The zero-order chi connectivity index (χ0) is 12.3. The number of hydrogen-bond acceptors (Lipinski definition) is 2. The standard InChI is InChI=1S/C12H21NO3/c1-4-7-12(2,3)13-8-9(11(15)16)5-6-10(13)14/h9H,4-8H2,1-3H3,(H,15,16). The van der Waals surface area contributed by atoms with E-state index in [1.165, 1.54) is 0 Å². The molecule has 0 aliphatic carbocycles. The number of nitrogens with zero attached hydrogens (tertiary/aromatic N) is 1. The molecular formula is C12H21NO3. The highest BCUT2D eigenvalue weighted by molar-refractivity contribution is 5.81. The summed E-state index contributed by atoms with van der Waals surface area (Å²) < 4.78 is 0. The molecule has 1 fully saturated rings. The smallest absolute Gasteiger partial charge is 0.308 e. The zero-order valence-electron chi connectivity index (χ0n) is 10.3. The largest absolute Gasteiger partial charge is 0.481 e. The fourth-order valence-electron chi connectivity index (χ4n) is 2.38. The summed E-state index contributed by atoms with van der Waals surface area (Å²) in [7, 11) is 0. The van der Waals surface area contributed by atoms with Gasteiger partial charge in [0.1, 0.15) is 0 Å². The average Bonchev–Trinajstić information content (AvgIpc) is 2.17. The van der Waals surface area contributed by atoms with Gasteiger partial charge in [-0.2, -0.15) is 0 Å². The lowest BCUT2D eigenvalue weighted by molar-refractivity contribution is -0.150. The number of rotatable bonds is 4. The van der Waals surface area contributed by atoms with Gasteiger partial charge in [-0.3, -0.25) is 9.59 Å². The van der Waals surface area contributed by atoms with Gasteiger partial charge in [-0.15, -0.1) is 0 Å². The van der Waals surface area contributed by atoms with Crippen molar-refractivity contribution in [2.24, 2.45) is 5.92 Å². The monoisotopic (exact) mass is 227 g/mol. The highest BCUT2D eigenvalue weighted by atomic mass is 16.4. The molecular weight excluding hydrogens is 206 g/mol. The molecule has 0 aromatic carbocycles. The lowest BCUT2D eigenvalue weighted by Gasteiger charge is -2.42. The summed E-state index contributed by atoms with van der Waals surface area (Å²) in [5, 5.41) is 9.00. The van der Waals surface area contributed by atoms with Crippen LogP contribution in [-0.4, -0.2) is 34.0 Å². The summed E-state index contributed by atoms with van der Waals surface area (Å²) >= 11 is 0. The maximum Gasteiger partial charge on any atom is 0.308 e. The third-order valence-electron chi connectivity index (χ3n) is 3.35. The van der Waals surface area contributed by atoms with Crippen LogP contribution < -0.4 is 0 Å². The number of aliphatic carboxylic acids is 1. The Morgan fingerprint density at radius 3 is 2.69 bits per heavy atom. The van der Waals surface area contributed by atoms with Crippen LogP contribution in [0.1, 0.15) is 46.5 Å². The molecule has 1 aliphatic heterocycles. The molecule has 92 valence electrons. The van der Waals surface area contributed by atoms with Crippen LogP contribution in [0.5, 0.6) is 0 Å². The fourth-order valence-corrected chi connectivity index (χ4v) is 2.38. The molecule has 0 aromatic rings. The first kappa shape index (κ1) is 13.0. The Morgan fingerprint density at radius 2 is 2.19 bits per heavy atom. The second-order valence-electron chi connectivity index (χ2n) is 5.14. The number of carboxylic acids is 1. The number of carbonyl (C=O) groups is 2. The number of amides is 1. The van der Waals surface area contributed by atoms with Gasteiger partial charge in [-0.1, -0.05) is 13.3 Å². The molecule has 1 unspecified atom stereocenters. The van der Waals surface area contributed by atoms with Crippen molar-refractivity contribution in [1.29, 1.82) is 0 Å². The molecule has 0 saturated carbocycles. The number of carbonyl (C=O) groups excluding carboxylic acids is 1. The summed E-state index contributed by atoms with van der Waals surface area (Å²) in [6.07, 6.45) is 2.75. The van der Waals surface area contributed by atoms with Crippen molar-refractivity contribution in [3.8, 4) is 0 Å².